The summed E-state index contributed by atoms with van der Waals surface area (Å²) in [5.74, 6) is 1.36. The third-order valence-corrected chi connectivity index (χ3v) is 6.21. The Hall–Kier alpha value is -2.21. The molecule has 0 amide bonds. The molecule has 146 valence electrons. The summed E-state index contributed by atoms with van der Waals surface area (Å²) in [5, 5.41) is 4.86. The number of hydrogen-bond acceptors (Lipinski definition) is 5. The molecule has 1 aromatic heterocycles. The third kappa shape index (κ3) is 2.87. The van der Waals surface area contributed by atoms with Gasteiger partial charge in [0.05, 0.1) is 32.8 Å². The highest BCUT2D eigenvalue weighted by Crippen LogP contribution is 2.54. The van der Waals surface area contributed by atoms with Crippen LogP contribution in [-0.4, -0.2) is 38.3 Å². The summed E-state index contributed by atoms with van der Waals surface area (Å²) in [4.78, 5) is 15.9. The topological polar surface area (TPSA) is 72.6 Å². The molecule has 0 saturated carbocycles. The second-order valence-corrected chi connectivity index (χ2v) is 7.58. The molecular weight excluding hydrogens is 344 g/mol. The molecule has 6 nitrogen and oxygen atoms in total. The second-order valence-electron chi connectivity index (χ2n) is 7.58. The number of aryl methyl sites for hydroxylation is 1. The van der Waals surface area contributed by atoms with E-state index in [2.05, 4.69) is 16.4 Å². The van der Waals surface area contributed by atoms with E-state index in [0.29, 0.717) is 13.0 Å². The number of ether oxygens (including phenoxy) is 3. The molecule has 1 aromatic carbocycles. The van der Waals surface area contributed by atoms with Gasteiger partial charge in [0.1, 0.15) is 0 Å². The van der Waals surface area contributed by atoms with Crippen LogP contribution in [0.15, 0.2) is 12.1 Å². The van der Waals surface area contributed by atoms with Crippen molar-refractivity contribution in [1.82, 2.24) is 10.3 Å². The van der Waals surface area contributed by atoms with Gasteiger partial charge in [-0.2, -0.15) is 0 Å². The van der Waals surface area contributed by atoms with E-state index in [1.807, 2.05) is 13.0 Å². The second kappa shape index (κ2) is 7.08. The fourth-order valence-electron chi connectivity index (χ4n) is 5.06. The number of fused-ring (bicyclic) bond motifs is 5. The van der Waals surface area contributed by atoms with E-state index in [4.69, 9.17) is 14.2 Å². The highest BCUT2D eigenvalue weighted by atomic mass is 16.5. The molecule has 1 aliphatic heterocycles. The SMILES string of the molecule is CCOC(=O)C[C@]12CCCN[C@H]1c1c([nH]c3c(OC)c(OC)ccc13)CC2. The number of rotatable bonds is 5. The Morgan fingerprint density at radius 1 is 1.26 bits per heavy atom. The molecule has 27 heavy (non-hydrogen) atoms. The minimum atomic E-state index is -0.0891. The van der Waals surface area contributed by atoms with Crippen LogP contribution in [0.25, 0.3) is 10.9 Å². The maximum Gasteiger partial charge on any atom is 0.306 e. The van der Waals surface area contributed by atoms with Crippen LogP contribution < -0.4 is 14.8 Å². The minimum absolute atomic E-state index is 0.0835. The van der Waals surface area contributed by atoms with Crippen molar-refractivity contribution >= 4 is 16.9 Å². The standard InChI is InChI=1S/C21H28N2O4/c1-4-27-16(24)12-21-9-5-11-22-20(21)17-13-6-7-15(25-2)19(26-3)18(13)23-14(17)8-10-21/h6-7,20,22-23H,4-5,8-12H2,1-3H3/t20-,21+/m0/s1. The lowest BCUT2D eigenvalue weighted by atomic mass is 9.63. The quantitative estimate of drug-likeness (QED) is 0.786. The number of benzene rings is 1. The van der Waals surface area contributed by atoms with Crippen molar-refractivity contribution in [2.75, 3.05) is 27.4 Å². The molecule has 1 aliphatic carbocycles. The predicted octanol–water partition coefficient (Wildman–Crippen LogP) is 3.50. The molecule has 0 spiro atoms. The summed E-state index contributed by atoms with van der Waals surface area (Å²) < 4.78 is 16.4. The van der Waals surface area contributed by atoms with Crippen LogP contribution in [0.2, 0.25) is 0 Å². The third-order valence-electron chi connectivity index (χ3n) is 6.21. The van der Waals surface area contributed by atoms with Crippen LogP contribution in [0.3, 0.4) is 0 Å². The summed E-state index contributed by atoms with van der Waals surface area (Å²) in [6.45, 7) is 3.27. The maximum atomic E-state index is 12.4. The lowest BCUT2D eigenvalue weighted by molar-refractivity contribution is -0.147. The lowest BCUT2D eigenvalue weighted by Gasteiger charge is -2.47. The van der Waals surface area contributed by atoms with Crippen molar-refractivity contribution in [3.63, 3.8) is 0 Å². The first kappa shape index (κ1) is 18.2. The van der Waals surface area contributed by atoms with Crippen molar-refractivity contribution < 1.29 is 19.0 Å². The van der Waals surface area contributed by atoms with Gasteiger partial charge in [-0.3, -0.25) is 4.79 Å². The fraction of sp³-hybridized carbons (Fsp3) is 0.571. The summed E-state index contributed by atoms with van der Waals surface area (Å²) >= 11 is 0. The first-order valence-corrected chi connectivity index (χ1v) is 9.78. The number of aromatic nitrogens is 1. The van der Waals surface area contributed by atoms with Crippen LogP contribution in [-0.2, 0) is 16.0 Å². The van der Waals surface area contributed by atoms with Gasteiger partial charge in [-0.05, 0) is 56.8 Å². The molecule has 0 radical (unpaired) electrons. The number of carbonyl (C=O) groups excluding carboxylic acids is 1. The van der Waals surface area contributed by atoms with Gasteiger partial charge in [0.25, 0.3) is 0 Å². The van der Waals surface area contributed by atoms with E-state index in [1.165, 1.54) is 11.3 Å². The zero-order valence-corrected chi connectivity index (χ0v) is 16.3. The maximum absolute atomic E-state index is 12.4. The number of nitrogens with one attached hydrogen (secondary N) is 2. The normalized spacial score (nSPS) is 24.2. The minimum Gasteiger partial charge on any atom is -0.493 e. The van der Waals surface area contributed by atoms with Gasteiger partial charge >= 0.3 is 5.97 Å². The van der Waals surface area contributed by atoms with Gasteiger partial charge in [0, 0.05) is 22.5 Å². The predicted molar refractivity (Wildman–Crippen MR) is 103 cm³/mol. The van der Waals surface area contributed by atoms with Crippen LogP contribution in [0.4, 0.5) is 0 Å². The van der Waals surface area contributed by atoms with Gasteiger partial charge in [-0.15, -0.1) is 0 Å². The summed E-state index contributed by atoms with van der Waals surface area (Å²) in [7, 11) is 3.32. The molecule has 2 aliphatic rings. The van der Waals surface area contributed by atoms with Crippen molar-refractivity contribution in [2.24, 2.45) is 5.41 Å². The molecular formula is C21H28N2O4. The number of H-pyrrole nitrogens is 1. The highest BCUT2D eigenvalue weighted by Gasteiger charge is 2.47. The molecule has 6 heteroatoms. The molecule has 2 aromatic rings. The molecule has 1 fully saturated rings. The molecule has 2 N–H and O–H groups in total. The van der Waals surface area contributed by atoms with Crippen LogP contribution in [0.5, 0.6) is 11.5 Å². The molecule has 0 unspecified atom stereocenters. The average molecular weight is 372 g/mol. The number of aromatic amines is 1. The smallest absolute Gasteiger partial charge is 0.306 e. The molecule has 1 saturated heterocycles. The van der Waals surface area contributed by atoms with Gasteiger partial charge in [-0.25, -0.2) is 0 Å². The van der Waals surface area contributed by atoms with E-state index < -0.39 is 0 Å². The number of piperidine rings is 1. The van der Waals surface area contributed by atoms with Crippen LogP contribution >= 0.6 is 0 Å². The number of methoxy groups -OCH3 is 2. The first-order chi connectivity index (χ1) is 13.1. The van der Waals surface area contributed by atoms with E-state index in [1.54, 1.807) is 14.2 Å². The Balaban J connectivity index is 1.82. The zero-order valence-electron chi connectivity index (χ0n) is 16.3. The Morgan fingerprint density at radius 2 is 2.11 bits per heavy atom. The zero-order chi connectivity index (χ0) is 19.0. The van der Waals surface area contributed by atoms with E-state index in [0.717, 1.165) is 54.6 Å². The van der Waals surface area contributed by atoms with Crippen molar-refractivity contribution in [3.05, 3.63) is 23.4 Å². The van der Waals surface area contributed by atoms with Gasteiger partial charge in [0.2, 0.25) is 0 Å². The van der Waals surface area contributed by atoms with Crippen LogP contribution in [0, 0.1) is 5.41 Å². The largest absolute Gasteiger partial charge is 0.493 e. The molecule has 2 atom stereocenters. The Morgan fingerprint density at radius 3 is 2.85 bits per heavy atom. The Labute approximate surface area is 159 Å². The van der Waals surface area contributed by atoms with Crippen LogP contribution in [0.1, 0.15) is 49.9 Å². The molecule has 0 bridgehead atoms. The monoisotopic (exact) mass is 372 g/mol. The Bertz CT molecular complexity index is 859. The average Bonchev–Trinajstić information content (AvgIpc) is 3.06. The van der Waals surface area contributed by atoms with Gasteiger partial charge in [0.15, 0.2) is 11.5 Å². The summed E-state index contributed by atoms with van der Waals surface area (Å²) in [6, 6.07) is 4.20. The van der Waals surface area contributed by atoms with Gasteiger partial charge < -0.3 is 24.5 Å². The summed E-state index contributed by atoms with van der Waals surface area (Å²) in [5.41, 5.74) is 3.40. The Kier molecular flexibility index (Phi) is 4.76. The number of carbonyl (C=O) groups is 1. The fourth-order valence-corrected chi connectivity index (χ4v) is 5.06. The lowest BCUT2D eigenvalue weighted by Crippen LogP contribution is -2.47. The molecule has 2 heterocycles. The first-order valence-electron chi connectivity index (χ1n) is 9.78. The van der Waals surface area contributed by atoms with Crippen molar-refractivity contribution in [1.29, 1.82) is 0 Å². The molecule has 4 rings (SSSR count). The highest BCUT2D eigenvalue weighted by molar-refractivity contribution is 5.92. The van der Waals surface area contributed by atoms with Crippen molar-refractivity contribution in [3.8, 4) is 11.5 Å². The van der Waals surface area contributed by atoms with E-state index in [-0.39, 0.29) is 17.4 Å². The van der Waals surface area contributed by atoms with E-state index >= 15 is 0 Å². The van der Waals surface area contributed by atoms with E-state index in [9.17, 15) is 4.79 Å². The summed E-state index contributed by atoms with van der Waals surface area (Å²) in [6.07, 6.45) is 4.50. The van der Waals surface area contributed by atoms with Crippen molar-refractivity contribution in [2.45, 2.75) is 45.1 Å². The van der Waals surface area contributed by atoms with Gasteiger partial charge in [-0.1, -0.05) is 0 Å². The number of esters is 1. The number of hydrogen-bond donors (Lipinski definition) is 2.